The van der Waals surface area contributed by atoms with Crippen molar-refractivity contribution in [2.24, 2.45) is 0 Å². The Hall–Kier alpha value is -1.60. The van der Waals surface area contributed by atoms with Gasteiger partial charge in [-0.05, 0) is 32.0 Å². The van der Waals surface area contributed by atoms with Crippen LogP contribution in [0.25, 0.3) is 0 Å². The lowest BCUT2D eigenvalue weighted by molar-refractivity contribution is -0.143. The van der Waals surface area contributed by atoms with Crippen LogP contribution in [0.5, 0.6) is 0 Å². The summed E-state index contributed by atoms with van der Waals surface area (Å²) in [6.07, 6.45) is 0. The van der Waals surface area contributed by atoms with Crippen LogP contribution in [0.2, 0.25) is 0 Å². The van der Waals surface area contributed by atoms with Crippen LogP contribution in [0, 0.1) is 0 Å². The van der Waals surface area contributed by atoms with Crippen LogP contribution >= 0.6 is 15.9 Å². The average molecular weight is 385 g/mol. The Balaban J connectivity index is 2.19. The molecule has 0 saturated carbocycles. The molecule has 0 unspecified atom stereocenters. The van der Waals surface area contributed by atoms with E-state index in [0.717, 1.165) is 4.47 Å². The summed E-state index contributed by atoms with van der Waals surface area (Å²) < 4.78 is 11.1. The van der Waals surface area contributed by atoms with E-state index >= 15 is 0 Å². The number of morpholine rings is 1. The van der Waals surface area contributed by atoms with Crippen LogP contribution in [-0.2, 0) is 14.3 Å². The zero-order valence-electron chi connectivity index (χ0n) is 13.3. The van der Waals surface area contributed by atoms with Gasteiger partial charge in [0.2, 0.25) is 0 Å². The van der Waals surface area contributed by atoms with Gasteiger partial charge in [0, 0.05) is 23.2 Å². The molecule has 7 heteroatoms. The fraction of sp³-hybridized carbons (Fsp3) is 0.500. The molecule has 23 heavy (non-hydrogen) atoms. The van der Waals surface area contributed by atoms with Crippen molar-refractivity contribution in [3.8, 4) is 0 Å². The Morgan fingerprint density at radius 1 is 1.39 bits per heavy atom. The van der Waals surface area contributed by atoms with Crippen LogP contribution in [0.4, 0.5) is 5.69 Å². The van der Waals surface area contributed by atoms with Gasteiger partial charge in [-0.1, -0.05) is 15.9 Å². The normalized spacial score (nSPS) is 15.9. The molecule has 0 aliphatic carbocycles. The predicted molar refractivity (Wildman–Crippen MR) is 90.6 cm³/mol. The molecule has 0 radical (unpaired) electrons. The molecule has 1 amide bonds. The molecule has 1 saturated heterocycles. The molecule has 0 aromatic heterocycles. The summed E-state index contributed by atoms with van der Waals surface area (Å²) in [5.41, 5.74) is 1.14. The number of hydrogen-bond acceptors (Lipinski definition) is 5. The molecule has 6 nitrogen and oxygen atoms in total. The molecule has 1 fully saturated rings. The number of carbonyl (C=O) groups excluding carboxylic acids is 2. The first-order valence-corrected chi connectivity index (χ1v) is 8.42. The monoisotopic (exact) mass is 384 g/mol. The van der Waals surface area contributed by atoms with Crippen molar-refractivity contribution >= 4 is 33.5 Å². The van der Waals surface area contributed by atoms with Crippen LogP contribution in [-0.4, -0.2) is 55.7 Å². The molecule has 0 bridgehead atoms. The Kier molecular flexibility index (Phi) is 6.41. The van der Waals surface area contributed by atoms with E-state index in [0.29, 0.717) is 44.2 Å². The van der Waals surface area contributed by atoms with Gasteiger partial charge in [0.05, 0.1) is 25.4 Å². The Bertz CT molecular complexity index is 573. The third kappa shape index (κ3) is 4.68. The van der Waals surface area contributed by atoms with Crippen LogP contribution in [0.1, 0.15) is 24.2 Å². The number of nitrogens with one attached hydrogen (secondary N) is 1. The summed E-state index contributed by atoms with van der Waals surface area (Å²) in [5.74, 6) is -0.423. The zero-order chi connectivity index (χ0) is 16.8. The second-order valence-corrected chi connectivity index (χ2v) is 6.13. The number of rotatable bonds is 5. The van der Waals surface area contributed by atoms with E-state index in [1.807, 2.05) is 6.07 Å². The van der Waals surface area contributed by atoms with Gasteiger partial charge < -0.3 is 19.7 Å². The van der Waals surface area contributed by atoms with Gasteiger partial charge in [-0.2, -0.15) is 0 Å². The maximum atomic E-state index is 12.7. The summed E-state index contributed by atoms with van der Waals surface area (Å²) in [4.78, 5) is 26.3. The number of halogens is 1. The topological polar surface area (TPSA) is 67.9 Å². The largest absolute Gasteiger partial charge is 0.464 e. The molecule has 0 spiro atoms. The first-order chi connectivity index (χ1) is 11.0. The quantitative estimate of drug-likeness (QED) is 0.788. The number of esters is 1. The van der Waals surface area contributed by atoms with Gasteiger partial charge in [-0.15, -0.1) is 0 Å². The lowest BCUT2D eigenvalue weighted by Gasteiger charge is -2.28. The highest BCUT2D eigenvalue weighted by atomic mass is 79.9. The number of ether oxygens (including phenoxy) is 2. The van der Waals surface area contributed by atoms with Crippen molar-refractivity contribution in [3.63, 3.8) is 0 Å². The van der Waals surface area contributed by atoms with Crippen molar-refractivity contribution < 1.29 is 19.1 Å². The van der Waals surface area contributed by atoms with Crippen LogP contribution in [0.15, 0.2) is 22.7 Å². The molecule has 1 aliphatic heterocycles. The highest BCUT2D eigenvalue weighted by Gasteiger charge is 2.23. The van der Waals surface area contributed by atoms with Gasteiger partial charge in [-0.25, -0.2) is 4.79 Å². The maximum absolute atomic E-state index is 12.7. The molecule has 126 valence electrons. The van der Waals surface area contributed by atoms with Gasteiger partial charge in [-0.3, -0.25) is 4.79 Å². The van der Waals surface area contributed by atoms with E-state index in [-0.39, 0.29) is 11.9 Å². The van der Waals surface area contributed by atoms with E-state index in [1.165, 1.54) is 0 Å². The summed E-state index contributed by atoms with van der Waals surface area (Å²) in [7, 11) is 0. The Morgan fingerprint density at radius 2 is 2.09 bits per heavy atom. The molecule has 1 aliphatic rings. The molecule has 1 heterocycles. The van der Waals surface area contributed by atoms with E-state index in [2.05, 4.69) is 21.2 Å². The highest BCUT2D eigenvalue weighted by molar-refractivity contribution is 9.10. The van der Waals surface area contributed by atoms with Crippen molar-refractivity contribution in [2.75, 3.05) is 38.2 Å². The number of nitrogens with zero attached hydrogens (tertiary/aromatic N) is 1. The fourth-order valence-electron chi connectivity index (χ4n) is 2.32. The minimum absolute atomic E-state index is 0.0758. The van der Waals surface area contributed by atoms with Crippen LogP contribution < -0.4 is 5.32 Å². The third-order valence-electron chi connectivity index (χ3n) is 3.52. The van der Waals surface area contributed by atoms with Gasteiger partial charge in [0.25, 0.3) is 5.91 Å². The Labute approximate surface area is 144 Å². The smallest absolute Gasteiger partial charge is 0.328 e. The van der Waals surface area contributed by atoms with Gasteiger partial charge >= 0.3 is 5.97 Å². The zero-order valence-corrected chi connectivity index (χ0v) is 14.9. The summed E-state index contributed by atoms with van der Waals surface area (Å²) in [6, 6.07) is 4.84. The minimum Gasteiger partial charge on any atom is -0.464 e. The fourth-order valence-corrected chi connectivity index (χ4v) is 2.68. The van der Waals surface area contributed by atoms with E-state index in [4.69, 9.17) is 9.47 Å². The van der Waals surface area contributed by atoms with Crippen molar-refractivity contribution in [1.82, 2.24) is 4.90 Å². The van der Waals surface area contributed by atoms with Crippen molar-refractivity contribution in [1.29, 1.82) is 0 Å². The second kappa shape index (κ2) is 8.31. The summed E-state index contributed by atoms with van der Waals surface area (Å²) >= 11 is 3.39. The van der Waals surface area contributed by atoms with E-state index in [1.54, 1.807) is 30.9 Å². The van der Waals surface area contributed by atoms with E-state index in [9.17, 15) is 9.59 Å². The number of amides is 1. The molecule has 1 aromatic carbocycles. The lowest BCUT2D eigenvalue weighted by atomic mass is 10.1. The van der Waals surface area contributed by atoms with Crippen molar-refractivity contribution in [3.05, 3.63) is 28.2 Å². The molecule has 1 aromatic rings. The maximum Gasteiger partial charge on any atom is 0.328 e. The van der Waals surface area contributed by atoms with Gasteiger partial charge in [0.15, 0.2) is 0 Å². The standard InChI is InChI=1S/C16H21BrN2O4/c1-3-23-16(21)11(2)18-14-5-4-12(17)10-13(14)15(20)19-6-8-22-9-7-19/h4-5,10-11,18H,3,6-9H2,1-2H3/t11-/m1/s1. The number of hydrogen-bond donors (Lipinski definition) is 1. The SMILES string of the molecule is CCOC(=O)[C@@H](C)Nc1ccc(Br)cc1C(=O)N1CCOCC1. The predicted octanol–water partition coefficient (Wildman–Crippen LogP) is 2.29. The number of benzene rings is 1. The minimum atomic E-state index is -0.535. The number of anilines is 1. The molecule has 1 atom stereocenters. The summed E-state index contributed by atoms with van der Waals surface area (Å²) in [6.45, 7) is 6.02. The number of carbonyl (C=O) groups is 2. The van der Waals surface area contributed by atoms with Gasteiger partial charge in [0.1, 0.15) is 6.04 Å². The molecule has 1 N–H and O–H groups in total. The molecular formula is C16H21BrN2O4. The molecule has 2 rings (SSSR count). The van der Waals surface area contributed by atoms with E-state index < -0.39 is 6.04 Å². The second-order valence-electron chi connectivity index (χ2n) is 5.21. The first kappa shape index (κ1) is 17.7. The third-order valence-corrected chi connectivity index (χ3v) is 4.02. The van der Waals surface area contributed by atoms with Crippen LogP contribution in [0.3, 0.4) is 0 Å². The highest BCUT2D eigenvalue weighted by Crippen LogP contribution is 2.24. The summed E-state index contributed by atoms with van der Waals surface area (Å²) in [5, 5.41) is 3.07. The first-order valence-electron chi connectivity index (χ1n) is 7.62. The Morgan fingerprint density at radius 3 is 2.74 bits per heavy atom. The van der Waals surface area contributed by atoms with Crippen molar-refractivity contribution in [2.45, 2.75) is 19.9 Å². The molecular weight excluding hydrogens is 364 g/mol. The lowest BCUT2D eigenvalue weighted by Crippen LogP contribution is -2.41. The average Bonchev–Trinajstić information content (AvgIpc) is 2.56.